The molecule has 1 heteroatoms. The fourth-order valence-electron chi connectivity index (χ4n) is 5.25. The Bertz CT molecular complexity index is 1280. The van der Waals surface area contributed by atoms with Gasteiger partial charge in [0.15, 0.2) is 0 Å². The van der Waals surface area contributed by atoms with Gasteiger partial charge >= 0.3 is 0 Å². The summed E-state index contributed by atoms with van der Waals surface area (Å²) >= 11 is 0. The van der Waals surface area contributed by atoms with E-state index in [9.17, 15) is 0 Å². The van der Waals surface area contributed by atoms with Crippen molar-refractivity contribution in [3.05, 3.63) is 96.1 Å². The normalized spacial score (nSPS) is 14.0. The average molecular weight is 329 g/mol. The van der Waals surface area contributed by atoms with E-state index in [1.807, 2.05) is 0 Å². The molecule has 0 saturated heterocycles. The molecule has 2 aliphatic heterocycles. The summed E-state index contributed by atoms with van der Waals surface area (Å²) in [5.41, 5.74) is 11.0. The number of nitrogens with zero attached hydrogens (tertiary/aromatic N) is 1. The summed E-state index contributed by atoms with van der Waals surface area (Å²) in [5, 5.41) is 2.73. The summed E-state index contributed by atoms with van der Waals surface area (Å²) in [5.74, 6) is 0. The Labute approximate surface area is 151 Å². The van der Waals surface area contributed by atoms with Gasteiger partial charge in [0.1, 0.15) is 0 Å². The fraction of sp³-hybridized carbons (Fsp3) is 0.0400. The Morgan fingerprint density at radius 2 is 0.923 bits per heavy atom. The molecule has 0 amide bonds. The molecule has 0 spiro atoms. The van der Waals surface area contributed by atoms with Gasteiger partial charge in [0.25, 0.3) is 0 Å². The van der Waals surface area contributed by atoms with Gasteiger partial charge in [-0.1, -0.05) is 84.9 Å². The van der Waals surface area contributed by atoms with Crippen LogP contribution in [0.25, 0.3) is 44.1 Å². The molecule has 0 N–H and O–H groups in total. The van der Waals surface area contributed by atoms with Crippen molar-refractivity contribution in [3.8, 4) is 22.3 Å². The predicted octanol–water partition coefficient (Wildman–Crippen LogP) is 6.39. The van der Waals surface area contributed by atoms with Gasteiger partial charge in [0.2, 0.25) is 0 Å². The highest BCUT2D eigenvalue weighted by atomic mass is 15.0. The summed E-state index contributed by atoms with van der Waals surface area (Å²) in [6.45, 7) is 0. The smallest absolute Gasteiger partial charge is 0.0857 e. The maximum absolute atomic E-state index is 2.60. The number of hydrogen-bond donors (Lipinski definition) is 0. The van der Waals surface area contributed by atoms with Gasteiger partial charge in [-0.2, -0.15) is 0 Å². The van der Waals surface area contributed by atoms with Crippen LogP contribution in [-0.2, 0) is 0 Å². The molecule has 0 saturated carbocycles. The highest BCUT2D eigenvalue weighted by molar-refractivity contribution is 6.18. The van der Waals surface area contributed by atoms with Crippen molar-refractivity contribution in [2.75, 3.05) is 0 Å². The summed E-state index contributed by atoms with van der Waals surface area (Å²) < 4.78 is 2.60. The van der Waals surface area contributed by atoms with Crippen molar-refractivity contribution in [2.24, 2.45) is 0 Å². The fourth-order valence-corrected chi connectivity index (χ4v) is 5.25. The highest BCUT2D eigenvalue weighted by Crippen LogP contribution is 2.53. The van der Waals surface area contributed by atoms with Gasteiger partial charge < -0.3 is 4.57 Å². The first-order valence-corrected chi connectivity index (χ1v) is 9.18. The van der Waals surface area contributed by atoms with Crippen molar-refractivity contribution in [1.29, 1.82) is 0 Å². The number of rotatable bonds is 0. The Hall–Kier alpha value is -3.32. The van der Waals surface area contributed by atoms with Crippen LogP contribution in [0.5, 0.6) is 0 Å². The second-order valence-corrected chi connectivity index (χ2v) is 7.35. The molecule has 4 aromatic carbocycles. The monoisotopic (exact) mass is 329 g/mol. The molecule has 0 radical (unpaired) electrons. The van der Waals surface area contributed by atoms with Crippen molar-refractivity contribution in [2.45, 2.75) is 6.04 Å². The second kappa shape index (κ2) is 4.25. The van der Waals surface area contributed by atoms with Crippen LogP contribution in [0, 0.1) is 0 Å². The first kappa shape index (κ1) is 13.0. The lowest BCUT2D eigenvalue weighted by molar-refractivity contribution is 0.717. The maximum atomic E-state index is 2.60. The van der Waals surface area contributed by atoms with Crippen LogP contribution in [0.1, 0.15) is 17.2 Å². The van der Waals surface area contributed by atoms with Gasteiger partial charge in [-0.3, -0.25) is 0 Å². The zero-order valence-corrected chi connectivity index (χ0v) is 14.1. The molecule has 1 aromatic heterocycles. The van der Waals surface area contributed by atoms with Gasteiger partial charge in [-0.15, -0.1) is 0 Å². The lowest BCUT2D eigenvalue weighted by Gasteiger charge is -2.34. The quantitative estimate of drug-likeness (QED) is 0.304. The molecule has 120 valence electrons. The molecule has 1 nitrogen and oxygen atoms in total. The highest BCUT2D eigenvalue weighted by Gasteiger charge is 2.35. The van der Waals surface area contributed by atoms with Gasteiger partial charge in [-0.05, 0) is 22.3 Å². The molecule has 0 fully saturated rings. The van der Waals surface area contributed by atoms with Crippen molar-refractivity contribution < 1.29 is 0 Å². The largest absolute Gasteiger partial charge is 0.328 e. The molecule has 0 aliphatic carbocycles. The maximum Gasteiger partial charge on any atom is 0.0857 e. The van der Waals surface area contributed by atoms with E-state index in [4.69, 9.17) is 0 Å². The molecule has 26 heavy (non-hydrogen) atoms. The molecule has 0 bridgehead atoms. The summed E-state index contributed by atoms with van der Waals surface area (Å²) in [6, 6.07) is 31.6. The van der Waals surface area contributed by atoms with Gasteiger partial charge in [-0.25, -0.2) is 0 Å². The minimum Gasteiger partial charge on any atom is -0.328 e. The van der Waals surface area contributed by atoms with Crippen LogP contribution in [0.4, 0.5) is 0 Å². The molecule has 2 aliphatic rings. The topological polar surface area (TPSA) is 4.93 Å². The molecular formula is C25H15N. The second-order valence-electron chi connectivity index (χ2n) is 7.35. The Morgan fingerprint density at radius 3 is 1.46 bits per heavy atom. The molecule has 7 rings (SSSR count). The first-order valence-electron chi connectivity index (χ1n) is 9.18. The van der Waals surface area contributed by atoms with E-state index in [0.717, 1.165) is 0 Å². The van der Waals surface area contributed by atoms with Crippen molar-refractivity contribution >= 4 is 21.8 Å². The zero-order chi connectivity index (χ0) is 16.8. The number of hydrogen-bond acceptors (Lipinski definition) is 0. The van der Waals surface area contributed by atoms with E-state index >= 15 is 0 Å². The molecule has 5 aromatic rings. The summed E-state index contributed by atoms with van der Waals surface area (Å²) in [4.78, 5) is 0. The van der Waals surface area contributed by atoms with E-state index in [0.29, 0.717) is 0 Å². The van der Waals surface area contributed by atoms with Crippen molar-refractivity contribution in [3.63, 3.8) is 0 Å². The van der Waals surface area contributed by atoms with Crippen LogP contribution < -0.4 is 0 Å². The third-order valence-corrected chi connectivity index (χ3v) is 6.19. The van der Waals surface area contributed by atoms with E-state index in [-0.39, 0.29) is 6.04 Å². The zero-order valence-electron chi connectivity index (χ0n) is 14.1. The molecule has 3 heterocycles. The van der Waals surface area contributed by atoms with Crippen LogP contribution in [0.3, 0.4) is 0 Å². The predicted molar refractivity (Wildman–Crippen MR) is 108 cm³/mol. The Balaban J connectivity index is 1.86. The number of fused-ring (bicyclic) bond motifs is 7. The number of para-hydroxylation sites is 2. The van der Waals surface area contributed by atoms with E-state index < -0.39 is 0 Å². The van der Waals surface area contributed by atoms with Crippen LogP contribution in [0.15, 0.2) is 84.9 Å². The molecular weight excluding hydrogens is 314 g/mol. The van der Waals surface area contributed by atoms with Crippen LogP contribution in [0.2, 0.25) is 0 Å². The van der Waals surface area contributed by atoms with E-state index in [1.54, 1.807) is 0 Å². The minimum atomic E-state index is 0.257. The van der Waals surface area contributed by atoms with Gasteiger partial charge in [0, 0.05) is 21.9 Å². The van der Waals surface area contributed by atoms with Crippen molar-refractivity contribution in [1.82, 2.24) is 4.57 Å². The van der Waals surface area contributed by atoms with Crippen LogP contribution >= 0.6 is 0 Å². The third-order valence-electron chi connectivity index (χ3n) is 6.19. The summed E-state index contributed by atoms with van der Waals surface area (Å²) in [6.07, 6.45) is 0. The molecule has 0 unspecified atom stereocenters. The lowest BCUT2D eigenvalue weighted by atomic mass is 9.82. The van der Waals surface area contributed by atoms with Crippen LogP contribution in [-0.4, -0.2) is 4.57 Å². The standard InChI is InChI=1S/C25H15N/c1-3-9-17-15(7-1)19-11-5-13-21-22-14-6-12-20-16-8-2-4-10-18(16)23(17)26(24(19)21)25(20)22/h1-14,23H. The van der Waals surface area contributed by atoms with E-state index in [1.165, 1.54) is 55.2 Å². The third kappa shape index (κ3) is 1.29. The lowest BCUT2D eigenvalue weighted by Crippen LogP contribution is -2.20. The number of benzene rings is 4. The Kier molecular flexibility index (Phi) is 2.12. The Morgan fingerprint density at radius 1 is 0.462 bits per heavy atom. The average Bonchev–Trinajstić information content (AvgIpc) is 3.05. The van der Waals surface area contributed by atoms with E-state index in [2.05, 4.69) is 89.5 Å². The molecule has 0 atom stereocenters. The first-order chi connectivity index (χ1) is 12.9. The summed E-state index contributed by atoms with van der Waals surface area (Å²) in [7, 11) is 0. The number of aromatic nitrogens is 1. The SMILES string of the molecule is c1ccc2c(c1)-c1cccc3c4cccc5c4n(c13)C2c1ccccc1-5. The minimum absolute atomic E-state index is 0.257. The van der Waals surface area contributed by atoms with Gasteiger partial charge in [0.05, 0.1) is 17.1 Å².